The fraction of sp³-hybridized carbons (Fsp3) is 0.588. The van der Waals surface area contributed by atoms with Crippen LogP contribution >= 0.6 is 57.5 Å². The lowest BCUT2D eigenvalue weighted by atomic mass is 9.71. The van der Waals surface area contributed by atoms with Crippen molar-refractivity contribution in [3.8, 4) is 0 Å². The zero-order chi connectivity index (χ0) is 29.9. The van der Waals surface area contributed by atoms with Gasteiger partial charge in [-0.1, -0.05) is 48.5 Å². The Labute approximate surface area is 270 Å². The Morgan fingerprint density at radius 1 is 0.707 bits per heavy atom. The minimum absolute atomic E-state index is 0.194. The van der Waals surface area contributed by atoms with E-state index in [1.165, 1.54) is 73.6 Å². The van der Waals surface area contributed by atoms with E-state index in [9.17, 15) is 0 Å². The zero-order valence-electron chi connectivity index (χ0n) is 25.7. The second kappa shape index (κ2) is 13.8. The lowest BCUT2D eigenvalue weighted by Crippen LogP contribution is -2.27. The van der Waals surface area contributed by atoms with E-state index in [2.05, 4.69) is 72.7 Å². The molecule has 6 rings (SSSR count). The van der Waals surface area contributed by atoms with Crippen LogP contribution in [0.3, 0.4) is 0 Å². The van der Waals surface area contributed by atoms with E-state index in [-0.39, 0.29) is 5.34 Å². The van der Waals surface area contributed by atoms with Gasteiger partial charge in [0.2, 0.25) is 0 Å². The summed E-state index contributed by atoms with van der Waals surface area (Å²) in [6.07, 6.45) is 8.35. The first-order chi connectivity index (χ1) is 19.4. The largest absolute Gasteiger partial charge is 0.242 e. The monoisotopic (exact) mass is 650 g/mol. The summed E-state index contributed by atoms with van der Waals surface area (Å²) >= 11 is 19.1. The van der Waals surface area contributed by atoms with Crippen LogP contribution in [0, 0.1) is 22.7 Å². The van der Waals surface area contributed by atoms with Crippen molar-refractivity contribution < 1.29 is 0 Å². The fourth-order valence-corrected chi connectivity index (χ4v) is 8.16. The van der Waals surface area contributed by atoms with E-state index in [0.29, 0.717) is 16.7 Å². The topological polar surface area (TPSA) is 25.8 Å². The predicted molar refractivity (Wildman–Crippen MR) is 185 cm³/mol. The third kappa shape index (κ3) is 8.18. The number of pyridine rings is 2. The lowest BCUT2D eigenvalue weighted by Gasteiger charge is -2.34. The Balaban J connectivity index is 0.000000173. The molecule has 0 N–H and O–H groups in total. The number of rotatable bonds is 2. The molecular weight excluding hydrogens is 607 g/mol. The van der Waals surface area contributed by atoms with Gasteiger partial charge in [0.25, 0.3) is 0 Å². The highest BCUT2D eigenvalue weighted by molar-refractivity contribution is 7.19. The van der Waals surface area contributed by atoms with Crippen LogP contribution in [-0.2, 0) is 38.0 Å². The maximum Gasteiger partial charge on any atom is 0.123 e. The standard InChI is InChI=1S/C17H23NS.C16H20ClNS.CH2Cl2/c1-5-14-10-12-8-11-9-13(17(2,3)4)6-7-15(11)18-16(12)19-14;1-16(2,3)12-4-5-14-10(7-12)6-11-8-13(9-17)19-15(11)18-14;2-1-3/h8,10,13H,5-7,9H2,1-4H3;6,8,12H,4-5,7,9H2,1-3H3;1H2. The van der Waals surface area contributed by atoms with E-state index in [1.54, 1.807) is 11.3 Å². The third-order valence-electron chi connectivity index (χ3n) is 8.78. The Morgan fingerprint density at radius 2 is 1.12 bits per heavy atom. The maximum absolute atomic E-state index is 5.92. The molecule has 4 aromatic rings. The Hall–Kier alpha value is -0.910. The molecule has 0 amide bonds. The van der Waals surface area contributed by atoms with Crippen LogP contribution in [0.15, 0.2) is 24.3 Å². The van der Waals surface area contributed by atoms with Gasteiger partial charge in [0.05, 0.1) is 11.2 Å². The molecule has 224 valence electrons. The molecule has 2 nitrogen and oxygen atoms in total. The number of hydrogen-bond donors (Lipinski definition) is 0. The Morgan fingerprint density at radius 3 is 1.51 bits per heavy atom. The molecule has 2 aliphatic carbocycles. The molecule has 2 atom stereocenters. The second-order valence-corrected chi connectivity index (χ2v) is 16.9. The van der Waals surface area contributed by atoms with Crippen LogP contribution < -0.4 is 0 Å². The van der Waals surface area contributed by atoms with Gasteiger partial charge in [-0.25, -0.2) is 9.97 Å². The quantitative estimate of drug-likeness (QED) is 0.202. The normalized spacial score (nSPS) is 18.7. The minimum Gasteiger partial charge on any atom is -0.242 e. The Bertz CT molecular complexity index is 1350. The van der Waals surface area contributed by atoms with Gasteiger partial charge in [0.15, 0.2) is 0 Å². The van der Waals surface area contributed by atoms with Gasteiger partial charge in [-0.05, 0) is 103 Å². The molecule has 0 bridgehead atoms. The van der Waals surface area contributed by atoms with Crippen molar-refractivity contribution in [3.05, 3.63) is 56.5 Å². The maximum atomic E-state index is 5.92. The molecule has 0 fully saturated rings. The molecule has 0 radical (unpaired) electrons. The van der Waals surface area contributed by atoms with E-state index in [1.807, 2.05) is 11.3 Å². The average molecular weight is 652 g/mol. The summed E-state index contributed by atoms with van der Waals surface area (Å²) in [6, 6.07) is 9.28. The molecule has 0 saturated heterocycles. The average Bonchev–Trinajstić information content (AvgIpc) is 3.52. The summed E-state index contributed by atoms with van der Waals surface area (Å²) in [4.78, 5) is 14.9. The van der Waals surface area contributed by atoms with Gasteiger partial charge >= 0.3 is 0 Å². The first-order valence-corrected chi connectivity index (χ1v) is 18.1. The van der Waals surface area contributed by atoms with Gasteiger partial charge < -0.3 is 0 Å². The summed E-state index contributed by atoms with van der Waals surface area (Å²) in [7, 11) is 0. The Kier molecular flexibility index (Phi) is 11.1. The van der Waals surface area contributed by atoms with Crippen molar-refractivity contribution in [2.45, 2.75) is 99.3 Å². The van der Waals surface area contributed by atoms with Crippen molar-refractivity contribution in [3.63, 3.8) is 0 Å². The van der Waals surface area contributed by atoms with E-state index >= 15 is 0 Å². The first kappa shape index (κ1) is 33.0. The van der Waals surface area contributed by atoms with Crippen LogP contribution in [0.2, 0.25) is 0 Å². The summed E-state index contributed by atoms with van der Waals surface area (Å²) in [6.45, 7) is 16.4. The third-order valence-corrected chi connectivity index (χ3v) is 11.5. The molecule has 2 aliphatic rings. The van der Waals surface area contributed by atoms with Crippen molar-refractivity contribution in [2.75, 3.05) is 5.34 Å². The molecule has 4 heterocycles. The molecular formula is C34H45Cl3N2S2. The fourth-order valence-electron chi connectivity index (χ4n) is 6.07. The van der Waals surface area contributed by atoms with Crippen molar-refractivity contribution in [2.24, 2.45) is 22.7 Å². The number of aryl methyl sites for hydroxylation is 3. The van der Waals surface area contributed by atoms with Crippen LogP contribution in [0.25, 0.3) is 20.4 Å². The van der Waals surface area contributed by atoms with E-state index in [0.717, 1.165) is 35.9 Å². The number of thiophene rings is 2. The molecule has 0 aromatic carbocycles. The highest BCUT2D eigenvalue weighted by atomic mass is 35.5. The van der Waals surface area contributed by atoms with Gasteiger partial charge in [0, 0.05) is 31.9 Å². The summed E-state index contributed by atoms with van der Waals surface area (Å²) < 4.78 is 0. The lowest BCUT2D eigenvalue weighted by molar-refractivity contribution is 0.215. The number of nitrogens with zero attached hydrogens (tertiary/aromatic N) is 2. The van der Waals surface area contributed by atoms with Crippen LogP contribution in [0.1, 0.15) is 93.6 Å². The second-order valence-electron chi connectivity index (χ2n) is 13.6. The molecule has 0 saturated carbocycles. The molecule has 4 aromatic heterocycles. The van der Waals surface area contributed by atoms with Crippen molar-refractivity contribution >= 4 is 77.9 Å². The van der Waals surface area contributed by atoms with Crippen molar-refractivity contribution in [1.29, 1.82) is 0 Å². The predicted octanol–water partition coefficient (Wildman–Crippen LogP) is 11.6. The molecule has 0 aliphatic heterocycles. The highest BCUT2D eigenvalue weighted by Gasteiger charge is 2.30. The van der Waals surface area contributed by atoms with Gasteiger partial charge in [-0.3, -0.25) is 0 Å². The van der Waals surface area contributed by atoms with Gasteiger partial charge in [0.1, 0.15) is 9.66 Å². The highest BCUT2D eigenvalue weighted by Crippen LogP contribution is 2.40. The van der Waals surface area contributed by atoms with Crippen molar-refractivity contribution in [1.82, 2.24) is 9.97 Å². The summed E-state index contributed by atoms with van der Waals surface area (Å²) in [5.74, 6) is 2.16. The van der Waals surface area contributed by atoms with Gasteiger partial charge in [-0.2, -0.15) is 0 Å². The number of fused-ring (bicyclic) bond motifs is 4. The zero-order valence-corrected chi connectivity index (χ0v) is 29.6. The van der Waals surface area contributed by atoms with Crippen LogP contribution in [0.4, 0.5) is 0 Å². The summed E-state index contributed by atoms with van der Waals surface area (Å²) in [5.41, 5.74) is 6.43. The molecule has 0 spiro atoms. The molecule has 41 heavy (non-hydrogen) atoms. The molecule has 2 unspecified atom stereocenters. The van der Waals surface area contributed by atoms with Gasteiger partial charge in [-0.15, -0.1) is 57.5 Å². The number of hydrogen-bond acceptors (Lipinski definition) is 4. The smallest absolute Gasteiger partial charge is 0.123 e. The van der Waals surface area contributed by atoms with Crippen LogP contribution in [-0.4, -0.2) is 15.3 Å². The van der Waals surface area contributed by atoms with E-state index < -0.39 is 0 Å². The van der Waals surface area contributed by atoms with E-state index in [4.69, 9.17) is 44.8 Å². The SMILES string of the molecule is CC(C)(C)C1CCc2nc3sc(CCl)cc3cc2C1.CCc1cc2cc3c(nc2s1)CCC(C(C)(C)C)C3.ClCCl. The number of aromatic nitrogens is 2. The number of halogens is 3. The van der Waals surface area contributed by atoms with Crippen LogP contribution in [0.5, 0.6) is 0 Å². The first-order valence-electron chi connectivity index (χ1n) is 14.9. The number of alkyl halides is 3. The minimum atomic E-state index is 0.194. The summed E-state index contributed by atoms with van der Waals surface area (Å²) in [5, 5.41) is 2.82. The molecule has 7 heteroatoms.